The average Bonchev–Trinajstić information content (AvgIpc) is 3.30. The lowest BCUT2D eigenvalue weighted by molar-refractivity contribution is -0.155. The molecule has 5 heteroatoms. The van der Waals surface area contributed by atoms with Crippen molar-refractivity contribution in [3.8, 4) is 11.1 Å². The van der Waals surface area contributed by atoms with Gasteiger partial charge in [0, 0.05) is 18.4 Å². The molecule has 0 unspecified atom stereocenters. The second kappa shape index (κ2) is 10.7. The SMILES string of the molecule is N[C@](Cc1cccc2ccccc12)(C(=O)NC1CCCCC1)C(=O)OCC1c2ccccc2-c2ccccc21. The predicted molar refractivity (Wildman–Crippen MR) is 154 cm³/mol. The highest BCUT2D eigenvalue weighted by Crippen LogP contribution is 2.44. The molecule has 1 fully saturated rings. The van der Waals surface area contributed by atoms with Gasteiger partial charge in [-0.1, -0.05) is 110 Å². The van der Waals surface area contributed by atoms with Crippen LogP contribution in [0.5, 0.6) is 0 Å². The number of carbonyl (C=O) groups excluding carboxylic acids is 2. The number of benzene rings is 4. The highest BCUT2D eigenvalue weighted by molar-refractivity contribution is 6.08. The molecular weight excluding hydrogens is 484 g/mol. The highest BCUT2D eigenvalue weighted by atomic mass is 16.5. The van der Waals surface area contributed by atoms with Gasteiger partial charge in [-0.3, -0.25) is 4.79 Å². The molecule has 2 aliphatic rings. The highest BCUT2D eigenvalue weighted by Gasteiger charge is 2.45. The Kier molecular flexibility index (Phi) is 6.92. The van der Waals surface area contributed by atoms with Crippen molar-refractivity contribution < 1.29 is 14.3 Å². The number of esters is 1. The number of rotatable bonds is 7. The lowest BCUT2D eigenvalue weighted by Gasteiger charge is -2.31. The molecule has 0 spiro atoms. The summed E-state index contributed by atoms with van der Waals surface area (Å²) in [6, 6.07) is 30.3. The summed E-state index contributed by atoms with van der Waals surface area (Å²) in [5.41, 5.74) is 10.4. The lowest BCUT2D eigenvalue weighted by Crippen LogP contribution is -2.63. The van der Waals surface area contributed by atoms with Gasteiger partial charge in [0.2, 0.25) is 0 Å². The van der Waals surface area contributed by atoms with Crippen molar-refractivity contribution in [3.05, 3.63) is 108 Å². The van der Waals surface area contributed by atoms with Crippen LogP contribution >= 0.6 is 0 Å². The number of nitrogens with two attached hydrogens (primary N) is 1. The van der Waals surface area contributed by atoms with Crippen molar-refractivity contribution in [2.24, 2.45) is 5.73 Å². The minimum absolute atomic E-state index is 0.0306. The first-order valence-corrected chi connectivity index (χ1v) is 14.0. The van der Waals surface area contributed by atoms with E-state index in [9.17, 15) is 9.59 Å². The quantitative estimate of drug-likeness (QED) is 0.236. The minimum atomic E-state index is -1.85. The Hall–Kier alpha value is -3.96. The molecule has 1 saturated carbocycles. The molecule has 0 radical (unpaired) electrons. The van der Waals surface area contributed by atoms with Crippen molar-refractivity contribution in [1.82, 2.24) is 5.32 Å². The summed E-state index contributed by atoms with van der Waals surface area (Å²) in [7, 11) is 0. The van der Waals surface area contributed by atoms with Gasteiger partial charge in [-0.25, -0.2) is 4.79 Å². The van der Waals surface area contributed by atoms with E-state index in [0.29, 0.717) is 0 Å². The third kappa shape index (κ3) is 4.83. The van der Waals surface area contributed by atoms with E-state index in [-0.39, 0.29) is 25.0 Å². The van der Waals surface area contributed by atoms with E-state index in [1.165, 1.54) is 6.42 Å². The molecule has 0 saturated heterocycles. The second-order valence-electron chi connectivity index (χ2n) is 10.9. The van der Waals surface area contributed by atoms with Crippen LogP contribution in [0, 0.1) is 0 Å². The molecular formula is C34H34N2O3. The maximum atomic E-state index is 13.9. The van der Waals surface area contributed by atoms with Gasteiger partial charge in [-0.05, 0) is 51.4 Å². The fraction of sp³-hybridized carbons (Fsp3) is 0.294. The van der Waals surface area contributed by atoms with Crippen LogP contribution < -0.4 is 11.1 Å². The monoisotopic (exact) mass is 518 g/mol. The number of hydrogen-bond acceptors (Lipinski definition) is 4. The molecule has 0 bridgehead atoms. The molecule has 39 heavy (non-hydrogen) atoms. The normalized spacial score (nSPS) is 16.7. The number of hydrogen-bond donors (Lipinski definition) is 2. The number of nitrogens with one attached hydrogen (secondary N) is 1. The molecule has 4 aromatic carbocycles. The Morgan fingerprint density at radius 1 is 0.795 bits per heavy atom. The van der Waals surface area contributed by atoms with Crippen LogP contribution in [0.25, 0.3) is 21.9 Å². The van der Waals surface area contributed by atoms with Crippen LogP contribution in [0.4, 0.5) is 0 Å². The van der Waals surface area contributed by atoms with Gasteiger partial charge in [-0.15, -0.1) is 0 Å². The first-order valence-electron chi connectivity index (χ1n) is 14.0. The fourth-order valence-corrected chi connectivity index (χ4v) is 6.28. The summed E-state index contributed by atoms with van der Waals surface area (Å²) in [4.78, 5) is 27.6. The van der Waals surface area contributed by atoms with Crippen LogP contribution in [-0.2, 0) is 20.7 Å². The van der Waals surface area contributed by atoms with Crippen LogP contribution in [0.1, 0.15) is 54.7 Å². The molecule has 3 N–H and O–H groups in total. The van der Waals surface area contributed by atoms with Gasteiger partial charge in [0.1, 0.15) is 6.61 Å². The fourth-order valence-electron chi connectivity index (χ4n) is 6.28. The molecule has 2 aliphatic carbocycles. The largest absolute Gasteiger partial charge is 0.463 e. The Bertz CT molecular complexity index is 1470. The first kappa shape index (κ1) is 25.3. The molecule has 6 rings (SSSR count). The van der Waals surface area contributed by atoms with E-state index in [1.807, 2.05) is 66.7 Å². The average molecular weight is 519 g/mol. The van der Waals surface area contributed by atoms with Crippen LogP contribution in [-0.4, -0.2) is 30.1 Å². The smallest absolute Gasteiger partial charge is 0.336 e. The number of fused-ring (bicyclic) bond motifs is 4. The standard InChI is InChI=1S/C34H34N2O3/c35-34(32(37)36-25-14-2-1-3-15-25,21-24-13-10-12-23-11-4-5-16-26(23)24)33(38)39-22-31-29-19-8-6-17-27(29)28-18-7-9-20-30(28)31/h4-13,16-20,25,31H,1-3,14-15,21-22,35H2,(H,36,37)/t34-/m1/s1. The third-order valence-corrected chi connectivity index (χ3v) is 8.40. The van der Waals surface area contributed by atoms with Gasteiger partial charge in [0.25, 0.3) is 5.91 Å². The Balaban J connectivity index is 1.29. The van der Waals surface area contributed by atoms with Gasteiger partial charge in [0.15, 0.2) is 5.54 Å². The summed E-state index contributed by atoms with van der Waals surface area (Å²) in [5.74, 6) is -1.25. The Morgan fingerprint density at radius 3 is 2.13 bits per heavy atom. The number of carbonyl (C=O) groups is 2. The van der Waals surface area contributed by atoms with E-state index < -0.39 is 17.4 Å². The first-order chi connectivity index (χ1) is 19.0. The minimum Gasteiger partial charge on any atom is -0.463 e. The maximum absolute atomic E-state index is 13.9. The summed E-state index contributed by atoms with van der Waals surface area (Å²) in [6.07, 6.45) is 5.17. The molecule has 0 heterocycles. The van der Waals surface area contributed by atoms with Gasteiger partial charge >= 0.3 is 5.97 Å². The zero-order valence-corrected chi connectivity index (χ0v) is 22.1. The third-order valence-electron chi connectivity index (χ3n) is 8.40. The van der Waals surface area contributed by atoms with E-state index in [1.54, 1.807) is 0 Å². The molecule has 4 aromatic rings. The Labute approximate surface area is 229 Å². The Morgan fingerprint density at radius 2 is 1.41 bits per heavy atom. The van der Waals surface area contributed by atoms with Crippen molar-refractivity contribution in [2.45, 2.75) is 56.0 Å². The number of amides is 1. The zero-order chi connectivity index (χ0) is 26.8. The van der Waals surface area contributed by atoms with Crippen LogP contribution in [0.15, 0.2) is 91.0 Å². The van der Waals surface area contributed by atoms with Gasteiger partial charge < -0.3 is 15.8 Å². The van der Waals surface area contributed by atoms with E-state index in [2.05, 4.69) is 29.6 Å². The molecule has 1 amide bonds. The topological polar surface area (TPSA) is 81.4 Å². The summed E-state index contributed by atoms with van der Waals surface area (Å²) in [6.45, 7) is 0.123. The lowest BCUT2D eigenvalue weighted by atomic mass is 9.87. The van der Waals surface area contributed by atoms with Crippen LogP contribution in [0.3, 0.4) is 0 Å². The van der Waals surface area contributed by atoms with Crippen molar-refractivity contribution in [1.29, 1.82) is 0 Å². The maximum Gasteiger partial charge on any atom is 0.336 e. The van der Waals surface area contributed by atoms with E-state index >= 15 is 0 Å². The second-order valence-corrected chi connectivity index (χ2v) is 10.9. The number of ether oxygens (including phenoxy) is 1. The summed E-state index contributed by atoms with van der Waals surface area (Å²) < 4.78 is 5.97. The summed E-state index contributed by atoms with van der Waals surface area (Å²) >= 11 is 0. The van der Waals surface area contributed by atoms with Crippen molar-refractivity contribution in [3.63, 3.8) is 0 Å². The molecule has 0 aliphatic heterocycles. The predicted octanol–water partition coefficient (Wildman–Crippen LogP) is 5.88. The zero-order valence-electron chi connectivity index (χ0n) is 22.1. The molecule has 1 atom stereocenters. The summed E-state index contributed by atoms with van der Waals surface area (Å²) in [5, 5.41) is 5.12. The molecule has 0 aromatic heterocycles. The van der Waals surface area contributed by atoms with Gasteiger partial charge in [-0.2, -0.15) is 0 Å². The van der Waals surface area contributed by atoms with E-state index in [0.717, 1.165) is 64.3 Å². The van der Waals surface area contributed by atoms with E-state index in [4.69, 9.17) is 10.5 Å². The van der Waals surface area contributed by atoms with Crippen molar-refractivity contribution in [2.75, 3.05) is 6.61 Å². The molecule has 5 nitrogen and oxygen atoms in total. The van der Waals surface area contributed by atoms with Crippen molar-refractivity contribution >= 4 is 22.6 Å². The van der Waals surface area contributed by atoms with Crippen LogP contribution in [0.2, 0.25) is 0 Å². The van der Waals surface area contributed by atoms with Gasteiger partial charge in [0.05, 0.1) is 0 Å². The molecule has 198 valence electrons.